The fourth-order valence-corrected chi connectivity index (χ4v) is 2.50. The van der Waals surface area contributed by atoms with Crippen LogP contribution in [0, 0.1) is 11.8 Å². The molecule has 1 atom stereocenters. The van der Waals surface area contributed by atoms with Gasteiger partial charge < -0.3 is 15.4 Å². The zero-order valence-corrected chi connectivity index (χ0v) is 11.8. The molecule has 1 amide bonds. The molecule has 0 radical (unpaired) electrons. The quantitative estimate of drug-likeness (QED) is 0.750. The summed E-state index contributed by atoms with van der Waals surface area (Å²) < 4.78 is 0. The number of nitrogens with zero attached hydrogens (tertiary/aromatic N) is 1. The van der Waals surface area contributed by atoms with Gasteiger partial charge in [0.15, 0.2) is 0 Å². The van der Waals surface area contributed by atoms with Crippen LogP contribution in [0.1, 0.15) is 39.8 Å². The van der Waals surface area contributed by atoms with Crippen molar-refractivity contribution in [1.29, 1.82) is 0 Å². The van der Waals surface area contributed by atoms with Crippen LogP contribution in [-0.2, 0) is 0 Å². The highest BCUT2D eigenvalue weighted by Crippen LogP contribution is 2.18. The Bertz CT molecular complexity index is 622. The lowest BCUT2D eigenvalue weighted by Gasteiger charge is -2.13. The average molecular weight is 289 g/mol. The normalized spacial score (nSPS) is 11.5. The van der Waals surface area contributed by atoms with Gasteiger partial charge in [-0.3, -0.25) is 4.79 Å². The summed E-state index contributed by atoms with van der Waals surface area (Å²) in [6.07, 6.45) is 4.15. The van der Waals surface area contributed by atoms with Crippen molar-refractivity contribution >= 4 is 17.2 Å². The number of hydrogen-bond acceptors (Lipinski definition) is 4. The van der Waals surface area contributed by atoms with Crippen molar-refractivity contribution in [3.8, 4) is 11.8 Å². The Balaban J connectivity index is 2.05. The largest absolute Gasteiger partial charge is 0.384 e. The van der Waals surface area contributed by atoms with Crippen molar-refractivity contribution < 1.29 is 9.90 Å². The van der Waals surface area contributed by atoms with Gasteiger partial charge in [0.25, 0.3) is 5.91 Å². The highest BCUT2D eigenvalue weighted by Gasteiger charge is 2.16. The van der Waals surface area contributed by atoms with Crippen molar-refractivity contribution in [1.82, 2.24) is 15.3 Å². The van der Waals surface area contributed by atoms with Crippen LogP contribution in [0.25, 0.3) is 0 Å². The number of H-pyrrole nitrogens is 1. The Morgan fingerprint density at radius 1 is 1.60 bits per heavy atom. The number of rotatable bonds is 4. The third-order valence-electron chi connectivity index (χ3n) is 2.68. The van der Waals surface area contributed by atoms with Crippen LogP contribution in [-0.4, -0.2) is 27.6 Å². The van der Waals surface area contributed by atoms with Crippen LogP contribution in [0.2, 0.25) is 0 Å². The molecule has 2 aromatic heterocycles. The van der Waals surface area contributed by atoms with E-state index in [9.17, 15) is 4.79 Å². The van der Waals surface area contributed by atoms with Crippen molar-refractivity contribution in [2.24, 2.45) is 0 Å². The van der Waals surface area contributed by atoms with E-state index >= 15 is 0 Å². The Labute approximate surface area is 121 Å². The summed E-state index contributed by atoms with van der Waals surface area (Å²) in [6, 6.07) is 3.37. The summed E-state index contributed by atoms with van der Waals surface area (Å²) in [7, 11) is 0. The third kappa shape index (κ3) is 3.47. The molecule has 3 N–H and O–H groups in total. The SMILES string of the molecule is CCC(NC(=O)c1ccc(C#CCO)s1)c1ncc[nH]1. The maximum absolute atomic E-state index is 12.2. The number of amides is 1. The van der Waals surface area contributed by atoms with E-state index in [-0.39, 0.29) is 18.6 Å². The molecule has 2 rings (SSSR count). The lowest BCUT2D eigenvalue weighted by atomic mass is 10.2. The number of nitrogens with one attached hydrogen (secondary N) is 2. The van der Waals surface area contributed by atoms with Gasteiger partial charge in [0.1, 0.15) is 12.4 Å². The van der Waals surface area contributed by atoms with Crippen LogP contribution in [0.3, 0.4) is 0 Å². The molecule has 0 aliphatic rings. The Morgan fingerprint density at radius 3 is 3.10 bits per heavy atom. The minimum atomic E-state index is -0.185. The van der Waals surface area contributed by atoms with Gasteiger partial charge in [0.05, 0.1) is 15.8 Å². The first kappa shape index (κ1) is 14.3. The second-order valence-electron chi connectivity index (χ2n) is 4.03. The molecule has 2 aromatic rings. The number of aliphatic hydroxyl groups is 1. The molecule has 0 aliphatic heterocycles. The standard InChI is InChI=1S/C14H15N3O2S/c1-2-11(13-15-7-8-16-13)17-14(19)12-6-5-10(20-12)4-3-9-18/h5-8,11,18H,2,9H2,1H3,(H,15,16)(H,17,19). The topological polar surface area (TPSA) is 78.0 Å². The van der Waals surface area contributed by atoms with E-state index in [2.05, 4.69) is 27.1 Å². The molecule has 0 bridgehead atoms. The fourth-order valence-electron chi connectivity index (χ4n) is 1.71. The molecule has 0 saturated carbocycles. The number of aliphatic hydroxyl groups excluding tert-OH is 1. The van der Waals surface area contributed by atoms with E-state index in [0.717, 1.165) is 17.1 Å². The summed E-state index contributed by atoms with van der Waals surface area (Å²) >= 11 is 1.30. The van der Waals surface area contributed by atoms with Crippen LogP contribution < -0.4 is 5.32 Å². The molecular formula is C14H15N3O2S. The number of imidazole rings is 1. The fraction of sp³-hybridized carbons (Fsp3) is 0.286. The second-order valence-corrected chi connectivity index (χ2v) is 5.12. The number of aromatic nitrogens is 2. The van der Waals surface area contributed by atoms with Gasteiger partial charge in [-0.2, -0.15) is 0 Å². The van der Waals surface area contributed by atoms with Gasteiger partial charge in [-0.05, 0) is 18.6 Å². The van der Waals surface area contributed by atoms with Gasteiger partial charge in [0.2, 0.25) is 0 Å². The maximum atomic E-state index is 12.2. The molecule has 1 unspecified atom stereocenters. The molecule has 0 fully saturated rings. The van der Waals surface area contributed by atoms with E-state index in [1.54, 1.807) is 24.5 Å². The Morgan fingerprint density at radius 2 is 2.45 bits per heavy atom. The highest BCUT2D eigenvalue weighted by molar-refractivity contribution is 7.14. The minimum Gasteiger partial charge on any atom is -0.384 e. The molecule has 0 saturated heterocycles. The first-order valence-electron chi connectivity index (χ1n) is 6.24. The summed E-state index contributed by atoms with van der Waals surface area (Å²) in [5, 5.41) is 11.6. The Hall–Kier alpha value is -2.10. The van der Waals surface area contributed by atoms with Gasteiger partial charge in [-0.1, -0.05) is 18.8 Å². The number of thiophene rings is 1. The van der Waals surface area contributed by atoms with Gasteiger partial charge in [-0.25, -0.2) is 4.98 Å². The molecule has 2 heterocycles. The predicted molar refractivity (Wildman–Crippen MR) is 77.4 cm³/mol. The van der Waals surface area contributed by atoms with Crippen LogP contribution >= 0.6 is 11.3 Å². The van der Waals surface area contributed by atoms with Crippen LogP contribution in [0.15, 0.2) is 24.5 Å². The van der Waals surface area contributed by atoms with Crippen LogP contribution in [0.5, 0.6) is 0 Å². The molecule has 6 heteroatoms. The minimum absolute atomic E-state index is 0.133. The lowest BCUT2D eigenvalue weighted by Crippen LogP contribution is -2.28. The maximum Gasteiger partial charge on any atom is 0.261 e. The van der Waals surface area contributed by atoms with Crippen molar-refractivity contribution in [2.75, 3.05) is 6.61 Å². The van der Waals surface area contributed by atoms with Crippen LogP contribution in [0.4, 0.5) is 0 Å². The zero-order chi connectivity index (χ0) is 14.4. The summed E-state index contributed by atoms with van der Waals surface area (Å²) in [4.78, 5) is 20.7. The highest BCUT2D eigenvalue weighted by atomic mass is 32.1. The number of carbonyl (C=O) groups is 1. The lowest BCUT2D eigenvalue weighted by molar-refractivity contribution is 0.0938. The monoisotopic (exact) mass is 289 g/mol. The first-order valence-corrected chi connectivity index (χ1v) is 7.06. The molecular weight excluding hydrogens is 274 g/mol. The number of hydrogen-bond donors (Lipinski definition) is 3. The third-order valence-corrected chi connectivity index (χ3v) is 3.68. The summed E-state index contributed by atoms with van der Waals surface area (Å²) in [5.41, 5.74) is 0. The second kappa shape index (κ2) is 6.89. The average Bonchev–Trinajstić information content (AvgIpc) is 3.13. The van der Waals surface area contributed by atoms with Gasteiger partial charge in [0, 0.05) is 12.4 Å². The molecule has 0 aliphatic carbocycles. The number of carbonyl (C=O) groups excluding carboxylic acids is 1. The van der Waals surface area contributed by atoms with E-state index in [0.29, 0.717) is 4.88 Å². The van der Waals surface area contributed by atoms with Crippen molar-refractivity contribution in [3.05, 3.63) is 40.1 Å². The Kier molecular flexibility index (Phi) is 4.93. The molecule has 0 aromatic carbocycles. The smallest absolute Gasteiger partial charge is 0.261 e. The van der Waals surface area contributed by atoms with E-state index in [1.165, 1.54) is 11.3 Å². The zero-order valence-electron chi connectivity index (χ0n) is 11.0. The molecule has 0 spiro atoms. The summed E-state index contributed by atoms with van der Waals surface area (Å²) in [5.74, 6) is 5.95. The van der Waals surface area contributed by atoms with Gasteiger partial charge >= 0.3 is 0 Å². The first-order chi connectivity index (χ1) is 9.74. The van der Waals surface area contributed by atoms with E-state index < -0.39 is 0 Å². The predicted octanol–water partition coefficient (Wildman–Crippen LogP) is 1.70. The summed E-state index contributed by atoms with van der Waals surface area (Å²) in [6.45, 7) is 1.80. The molecule has 20 heavy (non-hydrogen) atoms. The molecule has 104 valence electrons. The molecule has 5 nitrogen and oxygen atoms in total. The van der Waals surface area contributed by atoms with E-state index in [4.69, 9.17) is 5.11 Å². The van der Waals surface area contributed by atoms with Crippen molar-refractivity contribution in [2.45, 2.75) is 19.4 Å². The van der Waals surface area contributed by atoms with Gasteiger partial charge in [-0.15, -0.1) is 11.3 Å². The van der Waals surface area contributed by atoms with E-state index in [1.807, 2.05) is 6.92 Å². The number of aromatic amines is 1. The van der Waals surface area contributed by atoms with Crippen molar-refractivity contribution in [3.63, 3.8) is 0 Å².